The van der Waals surface area contributed by atoms with Gasteiger partial charge >= 0.3 is 0 Å². The Kier molecular flexibility index (Phi) is 4.56. The summed E-state index contributed by atoms with van der Waals surface area (Å²) < 4.78 is 0. The number of nitrogens with one attached hydrogen (secondary N) is 1. The van der Waals surface area contributed by atoms with Crippen molar-refractivity contribution >= 4 is 11.8 Å². The minimum absolute atomic E-state index is 0.123. The Labute approximate surface area is 84.2 Å². The molecule has 82 valence electrons. The van der Waals surface area contributed by atoms with Crippen molar-refractivity contribution in [3.8, 4) is 0 Å². The summed E-state index contributed by atoms with van der Waals surface area (Å²) in [6, 6.07) is -0.181. The summed E-state index contributed by atoms with van der Waals surface area (Å²) in [6.45, 7) is 5.24. The molecule has 0 aromatic heterocycles. The number of hydrogen-bond acceptors (Lipinski definition) is 3. The highest BCUT2D eigenvalue weighted by molar-refractivity contribution is 5.80. The van der Waals surface area contributed by atoms with Gasteiger partial charge in [0, 0.05) is 24.4 Å². The van der Waals surface area contributed by atoms with E-state index in [1.807, 2.05) is 0 Å². The minimum Gasteiger partial charge on any atom is -0.370 e. The molecule has 0 aliphatic rings. The average Bonchev–Trinajstić information content (AvgIpc) is 1.77. The zero-order chi connectivity index (χ0) is 11.4. The highest BCUT2D eigenvalue weighted by Gasteiger charge is 2.22. The van der Waals surface area contributed by atoms with Gasteiger partial charge in [-0.25, -0.2) is 0 Å². The molecule has 0 aromatic carbocycles. The normalized spacial score (nSPS) is 13.4. The molecule has 2 amide bonds. The number of hydrogen-bond donors (Lipinski definition) is 3. The Bertz CT molecular complexity index is 224. The van der Waals surface area contributed by atoms with Gasteiger partial charge in [-0.1, -0.05) is 0 Å². The van der Waals surface area contributed by atoms with E-state index >= 15 is 0 Å². The SMILES string of the molecule is CC(N)CC(=O)NC(C)(C)CC(N)=O. The Morgan fingerprint density at radius 1 is 1.43 bits per heavy atom. The molecule has 0 spiro atoms. The first-order valence-electron chi connectivity index (χ1n) is 4.58. The summed E-state index contributed by atoms with van der Waals surface area (Å²) in [7, 11) is 0. The molecule has 0 fully saturated rings. The van der Waals surface area contributed by atoms with E-state index < -0.39 is 11.4 Å². The number of carbonyl (C=O) groups is 2. The smallest absolute Gasteiger partial charge is 0.221 e. The van der Waals surface area contributed by atoms with Gasteiger partial charge < -0.3 is 16.8 Å². The van der Waals surface area contributed by atoms with E-state index in [1.165, 1.54) is 0 Å². The second-order valence-electron chi connectivity index (χ2n) is 4.26. The molecule has 0 aliphatic heterocycles. The summed E-state index contributed by atoms with van der Waals surface area (Å²) in [6.07, 6.45) is 0.375. The third-order valence-electron chi connectivity index (χ3n) is 1.60. The molecule has 0 saturated heterocycles. The van der Waals surface area contributed by atoms with Crippen molar-refractivity contribution in [2.45, 2.75) is 45.2 Å². The molecule has 1 atom stereocenters. The van der Waals surface area contributed by atoms with Crippen molar-refractivity contribution in [2.24, 2.45) is 11.5 Å². The van der Waals surface area contributed by atoms with Gasteiger partial charge in [0.05, 0.1) is 0 Å². The van der Waals surface area contributed by atoms with Gasteiger partial charge in [-0.15, -0.1) is 0 Å². The number of nitrogens with two attached hydrogens (primary N) is 2. The van der Waals surface area contributed by atoms with Crippen LogP contribution in [0.2, 0.25) is 0 Å². The van der Waals surface area contributed by atoms with Gasteiger partial charge in [0.15, 0.2) is 0 Å². The van der Waals surface area contributed by atoms with Crippen molar-refractivity contribution in [2.75, 3.05) is 0 Å². The summed E-state index contributed by atoms with van der Waals surface area (Å²) in [5, 5.41) is 2.70. The van der Waals surface area contributed by atoms with Crippen LogP contribution in [0, 0.1) is 0 Å². The predicted molar refractivity (Wildman–Crippen MR) is 54.3 cm³/mol. The lowest BCUT2D eigenvalue weighted by Crippen LogP contribution is -2.47. The Morgan fingerprint density at radius 3 is 2.29 bits per heavy atom. The standard InChI is InChI=1S/C9H19N3O2/c1-6(10)4-8(14)12-9(2,3)5-7(11)13/h6H,4-5,10H2,1-3H3,(H2,11,13)(H,12,14). The monoisotopic (exact) mass is 201 g/mol. The maximum absolute atomic E-state index is 11.3. The fourth-order valence-corrected chi connectivity index (χ4v) is 1.20. The fraction of sp³-hybridized carbons (Fsp3) is 0.778. The van der Waals surface area contributed by atoms with Gasteiger partial charge in [0.25, 0.3) is 0 Å². The summed E-state index contributed by atoms with van der Waals surface area (Å²) >= 11 is 0. The first-order valence-corrected chi connectivity index (χ1v) is 4.58. The molecule has 5 N–H and O–H groups in total. The Balaban J connectivity index is 4.08. The molecule has 0 aromatic rings. The van der Waals surface area contributed by atoms with E-state index in [4.69, 9.17) is 11.5 Å². The Morgan fingerprint density at radius 2 is 1.93 bits per heavy atom. The van der Waals surface area contributed by atoms with Crippen LogP contribution >= 0.6 is 0 Å². The molecule has 0 bridgehead atoms. The molecule has 0 heterocycles. The summed E-state index contributed by atoms with van der Waals surface area (Å²) in [5.74, 6) is -0.595. The number of primary amides is 1. The van der Waals surface area contributed by atoms with Gasteiger partial charge in [-0.2, -0.15) is 0 Å². The topological polar surface area (TPSA) is 98.2 Å². The molecule has 5 heteroatoms. The first kappa shape index (κ1) is 12.9. The van der Waals surface area contributed by atoms with Crippen molar-refractivity contribution in [3.63, 3.8) is 0 Å². The maximum atomic E-state index is 11.3. The molecular formula is C9H19N3O2. The van der Waals surface area contributed by atoms with Crippen LogP contribution in [0.4, 0.5) is 0 Å². The van der Waals surface area contributed by atoms with Crippen molar-refractivity contribution < 1.29 is 9.59 Å². The van der Waals surface area contributed by atoms with Crippen molar-refractivity contribution in [1.82, 2.24) is 5.32 Å². The maximum Gasteiger partial charge on any atom is 0.221 e. The zero-order valence-corrected chi connectivity index (χ0v) is 8.96. The van der Waals surface area contributed by atoms with E-state index in [-0.39, 0.29) is 24.8 Å². The Hall–Kier alpha value is -1.10. The number of amides is 2. The lowest BCUT2D eigenvalue weighted by atomic mass is 10.00. The first-order chi connectivity index (χ1) is 6.23. The van der Waals surface area contributed by atoms with Gasteiger partial charge in [-0.05, 0) is 20.8 Å². The van der Waals surface area contributed by atoms with Crippen LogP contribution in [-0.4, -0.2) is 23.4 Å². The molecule has 0 rings (SSSR count). The van der Waals surface area contributed by atoms with E-state index in [0.717, 1.165) is 0 Å². The molecular weight excluding hydrogens is 182 g/mol. The zero-order valence-electron chi connectivity index (χ0n) is 8.96. The second-order valence-corrected chi connectivity index (χ2v) is 4.26. The van der Waals surface area contributed by atoms with Crippen LogP contribution in [-0.2, 0) is 9.59 Å². The van der Waals surface area contributed by atoms with Crippen LogP contribution < -0.4 is 16.8 Å². The molecule has 1 unspecified atom stereocenters. The van der Waals surface area contributed by atoms with Crippen molar-refractivity contribution in [3.05, 3.63) is 0 Å². The lowest BCUT2D eigenvalue weighted by molar-refractivity contribution is -0.124. The predicted octanol–water partition coefficient (Wildman–Crippen LogP) is -0.506. The van der Waals surface area contributed by atoms with Crippen LogP contribution in [0.1, 0.15) is 33.6 Å². The average molecular weight is 201 g/mol. The van der Waals surface area contributed by atoms with E-state index in [2.05, 4.69) is 5.32 Å². The van der Waals surface area contributed by atoms with Gasteiger partial charge in [-0.3, -0.25) is 9.59 Å². The third-order valence-corrected chi connectivity index (χ3v) is 1.60. The summed E-state index contributed by atoms with van der Waals surface area (Å²) in [5.41, 5.74) is 9.90. The van der Waals surface area contributed by atoms with Gasteiger partial charge in [0.1, 0.15) is 0 Å². The summed E-state index contributed by atoms with van der Waals surface area (Å²) in [4.78, 5) is 22.0. The van der Waals surface area contributed by atoms with Crippen LogP contribution in [0.15, 0.2) is 0 Å². The fourth-order valence-electron chi connectivity index (χ4n) is 1.20. The van der Waals surface area contributed by atoms with Crippen LogP contribution in [0.25, 0.3) is 0 Å². The minimum atomic E-state index is -0.599. The van der Waals surface area contributed by atoms with Crippen LogP contribution in [0.5, 0.6) is 0 Å². The van der Waals surface area contributed by atoms with E-state index in [9.17, 15) is 9.59 Å². The van der Waals surface area contributed by atoms with E-state index in [0.29, 0.717) is 0 Å². The number of rotatable bonds is 5. The lowest BCUT2D eigenvalue weighted by Gasteiger charge is -2.25. The van der Waals surface area contributed by atoms with Crippen LogP contribution in [0.3, 0.4) is 0 Å². The quantitative estimate of drug-likeness (QED) is 0.559. The molecule has 0 saturated carbocycles. The van der Waals surface area contributed by atoms with Crippen molar-refractivity contribution in [1.29, 1.82) is 0 Å². The second kappa shape index (κ2) is 4.95. The highest BCUT2D eigenvalue weighted by Crippen LogP contribution is 2.07. The third kappa shape index (κ3) is 6.42. The molecule has 14 heavy (non-hydrogen) atoms. The van der Waals surface area contributed by atoms with E-state index in [1.54, 1.807) is 20.8 Å². The van der Waals surface area contributed by atoms with Gasteiger partial charge in [0.2, 0.25) is 11.8 Å². The highest BCUT2D eigenvalue weighted by atomic mass is 16.2. The largest absolute Gasteiger partial charge is 0.370 e. The number of carbonyl (C=O) groups excluding carboxylic acids is 2. The molecule has 0 radical (unpaired) electrons. The molecule has 5 nitrogen and oxygen atoms in total. The molecule has 0 aliphatic carbocycles.